The summed E-state index contributed by atoms with van der Waals surface area (Å²) < 4.78 is 59.0. The van der Waals surface area contributed by atoms with Crippen molar-refractivity contribution in [3.8, 4) is 86.6 Å². The maximum absolute atomic E-state index is 12.0. The number of alkyl halides is 1. The van der Waals surface area contributed by atoms with Crippen LogP contribution in [0.4, 0.5) is 0 Å². The van der Waals surface area contributed by atoms with Crippen molar-refractivity contribution in [2.45, 2.75) is 34.2 Å². The number of phenolic OH excluding ortho intramolecular Hbond substituents is 1. The number of nitrogens with zero attached hydrogens (tertiary/aromatic N) is 7. The molecule has 94 heavy (non-hydrogen) atoms. The van der Waals surface area contributed by atoms with E-state index in [0.29, 0.717) is 103 Å². The quantitative estimate of drug-likeness (QED) is 0.0564. The fraction of sp³-hybridized carbons (Fsp3) is 0.197. The van der Waals surface area contributed by atoms with Gasteiger partial charge in [-0.05, 0) is 77.9 Å². The van der Waals surface area contributed by atoms with Crippen molar-refractivity contribution in [2.24, 2.45) is 0 Å². The van der Waals surface area contributed by atoms with Gasteiger partial charge >= 0.3 is 0 Å². The minimum absolute atomic E-state index is 0. The van der Waals surface area contributed by atoms with E-state index in [9.17, 15) is 9.59 Å². The smallest absolute Gasteiger partial charge is 0.290 e. The molecule has 0 unspecified atom stereocenters. The molecule has 10 aromatic rings. The molecule has 4 heterocycles. The van der Waals surface area contributed by atoms with Crippen molar-refractivity contribution < 1.29 is 67.1 Å². The molecule has 4 aromatic heterocycles. The molecule has 502 valence electrons. The minimum atomic E-state index is -0.283. The van der Waals surface area contributed by atoms with Crippen LogP contribution in [0.5, 0.6) is 86.6 Å². The van der Waals surface area contributed by atoms with Crippen LogP contribution < -0.4 is 63.2 Å². The summed E-state index contributed by atoms with van der Waals surface area (Å²) in [6, 6.07) is 52.3. The molecular formula is C66H74BrCl3N8O16. The molecule has 0 saturated carbocycles. The normalized spacial score (nSPS) is 9.32. The summed E-state index contributed by atoms with van der Waals surface area (Å²) in [6.07, 6.45) is 0. The van der Waals surface area contributed by atoms with Gasteiger partial charge in [0.15, 0.2) is 61.5 Å². The Morgan fingerprint density at radius 3 is 1.18 bits per heavy atom. The van der Waals surface area contributed by atoms with E-state index in [-0.39, 0.29) is 45.6 Å². The lowest BCUT2D eigenvalue weighted by atomic mass is 10.2. The molecule has 0 fully saturated rings. The number of nitrogens with one attached hydrogen (secondary N) is 1. The summed E-state index contributed by atoms with van der Waals surface area (Å²) in [5, 5.41) is 42.6. The number of phenols is 1. The summed E-state index contributed by atoms with van der Waals surface area (Å²) in [5.74, 6) is 7.47. The number of benzene rings is 6. The van der Waals surface area contributed by atoms with E-state index < -0.39 is 0 Å². The fourth-order valence-corrected chi connectivity index (χ4v) is 7.47. The Morgan fingerprint density at radius 2 is 0.809 bits per heavy atom. The number of halogens is 4. The maximum atomic E-state index is 12.0. The van der Waals surface area contributed by atoms with Crippen LogP contribution in [-0.4, -0.2) is 114 Å². The molecule has 0 amide bonds. The second-order valence-corrected chi connectivity index (χ2v) is 18.6. The summed E-state index contributed by atoms with van der Waals surface area (Å²) >= 11 is 19.8. The number of ether oxygens (including phenoxy) is 11. The average molecular weight is 1420 g/mol. The molecule has 0 aliphatic carbocycles. The van der Waals surface area contributed by atoms with Gasteiger partial charge in [-0.15, -0.1) is 30.6 Å². The van der Waals surface area contributed by atoms with Crippen LogP contribution in [0.25, 0.3) is 0 Å². The monoisotopic (exact) mass is 1420 g/mol. The number of methoxy groups -OCH3 is 8. The number of hydrogen-bond donors (Lipinski definition) is 3. The molecule has 0 aliphatic rings. The number of carboxylic acid groups (broad SMARTS) is 1. The molecule has 0 bridgehead atoms. The van der Waals surface area contributed by atoms with Gasteiger partial charge in [0.05, 0.1) is 63.4 Å². The van der Waals surface area contributed by atoms with Gasteiger partial charge in [0.2, 0.25) is 17.6 Å². The molecule has 6 aromatic carbocycles. The molecule has 0 radical (unpaired) electrons. The second-order valence-electron chi connectivity index (χ2n) is 16.9. The van der Waals surface area contributed by atoms with Crippen molar-refractivity contribution in [3.05, 3.63) is 229 Å². The first-order valence-electron chi connectivity index (χ1n) is 26.2. The van der Waals surface area contributed by atoms with E-state index in [4.69, 9.17) is 102 Å². The van der Waals surface area contributed by atoms with Crippen LogP contribution in [0.2, 0.25) is 15.5 Å². The Hall–Kier alpha value is -10.3. The molecule has 0 saturated heterocycles. The van der Waals surface area contributed by atoms with Gasteiger partial charge in [-0.3, -0.25) is 14.4 Å². The summed E-state index contributed by atoms with van der Waals surface area (Å²) in [4.78, 5) is 31.2. The number of aromatic hydroxyl groups is 1. The second kappa shape index (κ2) is 45.8. The van der Waals surface area contributed by atoms with E-state index in [0.717, 1.165) is 10.9 Å². The molecular weight excluding hydrogens is 1350 g/mol. The highest BCUT2D eigenvalue weighted by atomic mass is 79.9. The van der Waals surface area contributed by atoms with Crippen LogP contribution >= 0.6 is 50.7 Å². The van der Waals surface area contributed by atoms with Crippen molar-refractivity contribution in [1.82, 2.24) is 40.4 Å². The molecule has 24 nitrogen and oxygen atoms in total. The predicted octanol–water partition coefficient (Wildman–Crippen LogP) is 15.0. The zero-order valence-corrected chi connectivity index (χ0v) is 53.9. The molecule has 0 spiro atoms. The zero-order valence-electron chi connectivity index (χ0n) is 50.1. The first kappa shape index (κ1) is 81.7. The van der Waals surface area contributed by atoms with Crippen LogP contribution in [0.15, 0.2) is 192 Å². The predicted molar refractivity (Wildman–Crippen MR) is 366 cm³/mol. The standard InChI is InChI=1S/C19H18N2O4.C12H11ClN2O3.C12H12N2O4.C8H10O3.C7H7Br.C4H2Cl2N2.CH2O2.3CH4/c1-23-16-9-8-15(12-17(16)24-2)25-18-10-11-19(22)21(20-18)13-14-6-4-3-5-7-14;1-16-9-4-3-8(7-10(9)17-2)18-12-6-5-11(13)14-15-12;1-16-9-4-3-8(7-10(9)17-2)18-12-6-5-11(15)13-14-12;1-10-7-4-3-6(9)5-8(7)11-2;8-6-7-4-2-1-3-5-7;5-3-1-2-4(6)8-7-3;2-1-3;;;/h3-12H,13H2,1-2H3;3-7H,1-2H3;3-7H,1-2H3,(H,13,15);3-5,9H,1-2H3;1-5H,6H2;1-2H;1H,(H,2,3);3*1H4. The van der Waals surface area contributed by atoms with E-state index in [1.54, 1.807) is 147 Å². The number of aromatic nitrogens is 8. The van der Waals surface area contributed by atoms with Crippen LogP contribution in [0.1, 0.15) is 33.4 Å². The van der Waals surface area contributed by atoms with Crippen molar-refractivity contribution in [2.75, 3.05) is 56.9 Å². The Morgan fingerprint density at radius 1 is 0.447 bits per heavy atom. The van der Waals surface area contributed by atoms with Crippen LogP contribution in [-0.2, 0) is 16.7 Å². The number of carbonyl (C=O) groups is 1. The summed E-state index contributed by atoms with van der Waals surface area (Å²) in [5.41, 5.74) is 1.84. The lowest BCUT2D eigenvalue weighted by Crippen LogP contribution is -2.22. The Kier molecular flexibility index (Phi) is 39.8. The lowest BCUT2D eigenvalue weighted by molar-refractivity contribution is -0.122. The third-order valence-electron chi connectivity index (χ3n) is 11.0. The first-order valence-corrected chi connectivity index (χ1v) is 28.4. The number of hydrogen-bond acceptors (Lipinski definition) is 21. The lowest BCUT2D eigenvalue weighted by Gasteiger charge is -2.11. The molecule has 0 aliphatic heterocycles. The Bertz CT molecular complexity index is 3830. The molecule has 0 atom stereocenters. The molecule has 28 heteroatoms. The zero-order chi connectivity index (χ0) is 66.3. The number of H-pyrrole nitrogens is 1. The number of rotatable bonds is 17. The highest BCUT2D eigenvalue weighted by molar-refractivity contribution is 9.08. The molecule has 3 N–H and O–H groups in total. The van der Waals surface area contributed by atoms with Gasteiger partial charge < -0.3 is 62.3 Å². The van der Waals surface area contributed by atoms with E-state index in [2.05, 4.69) is 63.8 Å². The van der Waals surface area contributed by atoms with Gasteiger partial charge in [0.1, 0.15) is 23.0 Å². The minimum Gasteiger partial charge on any atom is -0.508 e. The Labute approximate surface area is 568 Å². The largest absolute Gasteiger partial charge is 0.508 e. The third-order valence-corrected chi connectivity index (χ3v) is 12.2. The van der Waals surface area contributed by atoms with Crippen molar-refractivity contribution in [3.63, 3.8) is 0 Å². The number of aromatic amines is 1. The van der Waals surface area contributed by atoms with Gasteiger partial charge in [-0.2, -0.15) is 0 Å². The maximum Gasteiger partial charge on any atom is 0.290 e. The van der Waals surface area contributed by atoms with Crippen LogP contribution in [0.3, 0.4) is 0 Å². The highest BCUT2D eigenvalue weighted by Gasteiger charge is 2.11. The fourth-order valence-electron chi connectivity index (χ4n) is 6.80. The van der Waals surface area contributed by atoms with Gasteiger partial charge in [-0.25, -0.2) is 9.78 Å². The average Bonchev–Trinajstić information content (AvgIpc) is 0.979. The van der Waals surface area contributed by atoms with Gasteiger partial charge in [0.25, 0.3) is 17.6 Å². The van der Waals surface area contributed by atoms with E-state index in [1.165, 1.54) is 41.6 Å². The topological polar surface area (TPSA) is 291 Å². The summed E-state index contributed by atoms with van der Waals surface area (Å²) in [7, 11) is 12.4. The molecule has 10 rings (SSSR count). The van der Waals surface area contributed by atoms with Crippen LogP contribution in [0, 0.1) is 0 Å². The van der Waals surface area contributed by atoms with Gasteiger partial charge in [-0.1, -0.05) is 134 Å². The highest BCUT2D eigenvalue weighted by Crippen LogP contribution is 2.35. The third kappa shape index (κ3) is 29.3. The van der Waals surface area contributed by atoms with E-state index in [1.807, 2.05) is 48.5 Å². The van der Waals surface area contributed by atoms with Gasteiger partial charge in [0, 0.05) is 59.9 Å². The van der Waals surface area contributed by atoms with E-state index >= 15 is 0 Å². The Balaban J connectivity index is 0.000000579. The first-order chi connectivity index (χ1) is 44.0. The van der Waals surface area contributed by atoms with Crippen molar-refractivity contribution >= 4 is 57.2 Å². The van der Waals surface area contributed by atoms with Crippen molar-refractivity contribution in [1.29, 1.82) is 0 Å². The summed E-state index contributed by atoms with van der Waals surface area (Å²) in [6.45, 7) is 0.128. The SMILES string of the molecule is BrCc1ccccc1.C.C.C.COc1ccc(O)cc1OC.COc1ccc(Oc2ccc(=O)[nH]n2)cc1OC.COc1ccc(Oc2ccc(=O)n(Cc3ccccc3)n2)cc1OC.COc1ccc(Oc2ccc(Cl)nn2)cc1OC.Clc1ccc(Cl)nn1.O=CO.